The number of amides is 2. The summed E-state index contributed by atoms with van der Waals surface area (Å²) in [5.74, 6) is 0.780. The van der Waals surface area contributed by atoms with Crippen LogP contribution in [0.5, 0.6) is 0 Å². The van der Waals surface area contributed by atoms with Crippen LogP contribution in [0.15, 0.2) is 28.2 Å². The van der Waals surface area contributed by atoms with Gasteiger partial charge in [-0.3, -0.25) is 0 Å². The van der Waals surface area contributed by atoms with Crippen LogP contribution in [0.25, 0.3) is 0 Å². The molecular weight excluding hydrogens is 324 g/mol. The summed E-state index contributed by atoms with van der Waals surface area (Å²) < 4.78 is 5.36. The van der Waals surface area contributed by atoms with Crippen molar-refractivity contribution < 1.29 is 9.21 Å². The van der Waals surface area contributed by atoms with E-state index in [1.807, 2.05) is 19.1 Å². The summed E-state index contributed by atoms with van der Waals surface area (Å²) in [5.41, 5.74) is 1.05. The smallest absolute Gasteiger partial charge is 0.317 e. The Kier molecular flexibility index (Phi) is 5.40. The van der Waals surface area contributed by atoms with E-state index in [0.29, 0.717) is 6.54 Å². The maximum Gasteiger partial charge on any atom is 0.317 e. The molecule has 2 aromatic rings. The van der Waals surface area contributed by atoms with Crippen molar-refractivity contribution in [3.63, 3.8) is 0 Å². The molecule has 0 saturated carbocycles. The lowest BCUT2D eigenvalue weighted by atomic mass is 10.2. The number of furan rings is 1. The molecule has 1 atom stereocenters. The van der Waals surface area contributed by atoms with Gasteiger partial charge in [0, 0.05) is 38.5 Å². The van der Waals surface area contributed by atoms with Crippen molar-refractivity contribution in [2.24, 2.45) is 0 Å². The molecule has 2 amide bonds. The summed E-state index contributed by atoms with van der Waals surface area (Å²) in [5, 5.41) is 6.15. The zero-order chi connectivity index (χ0) is 16.9. The van der Waals surface area contributed by atoms with Crippen molar-refractivity contribution >= 4 is 22.5 Å². The summed E-state index contributed by atoms with van der Waals surface area (Å²) in [4.78, 5) is 20.9. The molecular formula is C17H24N4O2S. The first-order chi connectivity index (χ1) is 11.6. The molecule has 0 spiro atoms. The van der Waals surface area contributed by atoms with E-state index >= 15 is 0 Å². The minimum Gasteiger partial charge on any atom is -0.467 e. The number of anilines is 1. The van der Waals surface area contributed by atoms with Gasteiger partial charge in [-0.1, -0.05) is 0 Å². The summed E-state index contributed by atoms with van der Waals surface area (Å²) in [7, 11) is 1.77. The number of nitrogens with one attached hydrogen (secondary N) is 1. The number of carbonyl (C=O) groups is 1. The molecule has 24 heavy (non-hydrogen) atoms. The Morgan fingerprint density at radius 3 is 3.00 bits per heavy atom. The predicted octanol–water partition coefficient (Wildman–Crippen LogP) is 3.28. The van der Waals surface area contributed by atoms with Gasteiger partial charge in [-0.05, 0) is 31.9 Å². The number of rotatable bonds is 6. The van der Waals surface area contributed by atoms with E-state index in [9.17, 15) is 4.79 Å². The fourth-order valence-corrected chi connectivity index (χ4v) is 3.70. The summed E-state index contributed by atoms with van der Waals surface area (Å²) in [6, 6.07) is 3.51. The van der Waals surface area contributed by atoms with Gasteiger partial charge in [0.05, 0.1) is 18.0 Å². The molecule has 7 heteroatoms. The number of hydrogen-bond donors (Lipinski definition) is 1. The lowest BCUT2D eigenvalue weighted by Gasteiger charge is -2.23. The number of nitrogens with zero attached hydrogens (tertiary/aromatic N) is 3. The molecule has 1 saturated heterocycles. The molecule has 0 bridgehead atoms. The molecule has 6 nitrogen and oxygen atoms in total. The summed E-state index contributed by atoms with van der Waals surface area (Å²) in [6.45, 7) is 4.75. The highest BCUT2D eigenvalue weighted by atomic mass is 32.1. The Balaban J connectivity index is 1.44. The summed E-state index contributed by atoms with van der Waals surface area (Å²) >= 11 is 1.69. The zero-order valence-corrected chi connectivity index (χ0v) is 15.0. The largest absolute Gasteiger partial charge is 0.467 e. The van der Waals surface area contributed by atoms with Gasteiger partial charge in [0.15, 0.2) is 5.13 Å². The van der Waals surface area contributed by atoms with E-state index in [-0.39, 0.29) is 12.1 Å². The van der Waals surface area contributed by atoms with Gasteiger partial charge in [0.2, 0.25) is 0 Å². The van der Waals surface area contributed by atoms with Crippen molar-refractivity contribution in [3.8, 4) is 0 Å². The van der Waals surface area contributed by atoms with Gasteiger partial charge in [-0.25, -0.2) is 9.78 Å². The lowest BCUT2D eigenvalue weighted by molar-refractivity contribution is 0.187. The van der Waals surface area contributed by atoms with E-state index < -0.39 is 0 Å². The molecule has 0 radical (unpaired) electrons. The lowest BCUT2D eigenvalue weighted by Crippen LogP contribution is -2.39. The Labute approximate surface area is 146 Å². The third kappa shape index (κ3) is 3.90. The standard InChI is InChI=1S/C17H24N4O2S/c1-13(15-6-5-11-23-15)20(2)16(22)18-8-7-14-12-24-17(19-14)21-9-3-4-10-21/h5-6,11-13H,3-4,7-10H2,1-2H3,(H,18,22)/t13-/m0/s1. The SMILES string of the molecule is C[C@@H](c1ccco1)N(C)C(=O)NCCc1csc(N2CCCC2)n1. The fourth-order valence-electron chi connectivity index (χ4n) is 2.78. The molecule has 0 aliphatic carbocycles. The molecule has 1 aliphatic heterocycles. The highest BCUT2D eigenvalue weighted by Gasteiger charge is 2.19. The third-order valence-electron chi connectivity index (χ3n) is 4.43. The molecule has 3 heterocycles. The van der Waals surface area contributed by atoms with Gasteiger partial charge in [-0.2, -0.15) is 0 Å². The molecule has 3 rings (SSSR count). The van der Waals surface area contributed by atoms with Gasteiger partial charge in [-0.15, -0.1) is 11.3 Å². The molecule has 0 unspecified atom stereocenters. The van der Waals surface area contributed by atoms with Gasteiger partial charge in [0.1, 0.15) is 5.76 Å². The first kappa shape index (κ1) is 16.8. The number of urea groups is 1. The first-order valence-corrected chi connectivity index (χ1v) is 9.26. The number of aromatic nitrogens is 1. The Bertz CT molecular complexity index is 649. The predicted molar refractivity (Wildman–Crippen MR) is 95.5 cm³/mol. The van der Waals surface area contributed by atoms with Gasteiger partial charge < -0.3 is 19.5 Å². The van der Waals surface area contributed by atoms with Gasteiger partial charge in [0.25, 0.3) is 0 Å². The van der Waals surface area contributed by atoms with Crippen LogP contribution in [-0.2, 0) is 6.42 Å². The van der Waals surface area contributed by atoms with Crippen LogP contribution in [-0.4, -0.2) is 42.6 Å². The highest BCUT2D eigenvalue weighted by Crippen LogP contribution is 2.24. The normalized spacial score (nSPS) is 15.5. The molecule has 1 fully saturated rings. The van der Waals surface area contributed by atoms with Crippen LogP contribution >= 0.6 is 11.3 Å². The zero-order valence-electron chi connectivity index (χ0n) is 14.2. The molecule has 1 aliphatic rings. The van der Waals surface area contributed by atoms with Crippen LogP contribution < -0.4 is 10.2 Å². The maximum atomic E-state index is 12.2. The van der Waals surface area contributed by atoms with Crippen LogP contribution in [0.1, 0.15) is 37.3 Å². The first-order valence-electron chi connectivity index (χ1n) is 8.38. The van der Waals surface area contributed by atoms with Crippen molar-refractivity contribution in [2.75, 3.05) is 31.6 Å². The van der Waals surface area contributed by atoms with Crippen LogP contribution in [0.2, 0.25) is 0 Å². The summed E-state index contributed by atoms with van der Waals surface area (Å²) in [6.07, 6.45) is 4.88. The molecule has 1 N–H and O–H groups in total. The van der Waals surface area contributed by atoms with Crippen LogP contribution in [0.3, 0.4) is 0 Å². The van der Waals surface area contributed by atoms with Crippen molar-refractivity contribution in [3.05, 3.63) is 35.2 Å². The molecule has 2 aromatic heterocycles. The average Bonchev–Trinajstić information content (AvgIpc) is 3.34. The van der Waals surface area contributed by atoms with E-state index in [2.05, 4.69) is 20.6 Å². The van der Waals surface area contributed by atoms with Crippen molar-refractivity contribution in [2.45, 2.75) is 32.2 Å². The maximum absolute atomic E-state index is 12.2. The Morgan fingerprint density at radius 1 is 1.50 bits per heavy atom. The van der Waals surface area contributed by atoms with Gasteiger partial charge >= 0.3 is 6.03 Å². The van der Waals surface area contributed by atoms with E-state index in [1.165, 1.54) is 12.8 Å². The van der Waals surface area contributed by atoms with E-state index in [1.54, 1.807) is 29.5 Å². The molecule has 130 valence electrons. The monoisotopic (exact) mass is 348 g/mol. The second kappa shape index (κ2) is 7.70. The van der Waals surface area contributed by atoms with E-state index in [4.69, 9.17) is 4.42 Å². The number of thiazole rings is 1. The van der Waals surface area contributed by atoms with Crippen molar-refractivity contribution in [1.29, 1.82) is 0 Å². The quantitative estimate of drug-likeness (QED) is 0.870. The second-order valence-electron chi connectivity index (χ2n) is 6.10. The fraction of sp³-hybridized carbons (Fsp3) is 0.529. The number of hydrogen-bond acceptors (Lipinski definition) is 5. The minimum atomic E-state index is -0.103. The minimum absolute atomic E-state index is 0.0963. The third-order valence-corrected chi connectivity index (χ3v) is 5.38. The Morgan fingerprint density at radius 2 is 2.29 bits per heavy atom. The van der Waals surface area contributed by atoms with Crippen LogP contribution in [0.4, 0.5) is 9.93 Å². The van der Waals surface area contributed by atoms with Crippen LogP contribution in [0, 0.1) is 0 Å². The van der Waals surface area contributed by atoms with E-state index in [0.717, 1.165) is 36.1 Å². The number of carbonyl (C=O) groups excluding carboxylic acids is 1. The molecule has 0 aromatic carbocycles. The Hall–Kier alpha value is -2.02. The topological polar surface area (TPSA) is 61.6 Å². The second-order valence-corrected chi connectivity index (χ2v) is 6.94. The highest BCUT2D eigenvalue weighted by molar-refractivity contribution is 7.13. The average molecular weight is 348 g/mol. The van der Waals surface area contributed by atoms with Crippen molar-refractivity contribution in [1.82, 2.24) is 15.2 Å².